The molecule has 0 aliphatic carbocycles. The molecule has 1 aromatic rings. The summed E-state index contributed by atoms with van der Waals surface area (Å²) in [5.74, 6) is 0. The Morgan fingerprint density at radius 3 is 2.62 bits per heavy atom. The van der Waals surface area contributed by atoms with Crippen LogP contribution in [0.2, 0.25) is 0 Å². The number of thiophene rings is 1. The molecular formula is C12H21NO2S. The van der Waals surface area contributed by atoms with E-state index in [1.807, 2.05) is 0 Å². The van der Waals surface area contributed by atoms with Crippen molar-refractivity contribution in [3.8, 4) is 0 Å². The van der Waals surface area contributed by atoms with Crippen LogP contribution in [0.4, 0.5) is 0 Å². The van der Waals surface area contributed by atoms with Crippen LogP contribution in [0.3, 0.4) is 0 Å². The molecule has 1 heterocycles. The van der Waals surface area contributed by atoms with E-state index < -0.39 is 0 Å². The van der Waals surface area contributed by atoms with Crippen LogP contribution in [-0.4, -0.2) is 33.1 Å². The van der Waals surface area contributed by atoms with Gasteiger partial charge < -0.3 is 14.8 Å². The first kappa shape index (κ1) is 13.6. The maximum atomic E-state index is 5.30. The Bertz CT molecular complexity index is 260. The molecule has 1 rings (SSSR count). The number of rotatable bonds is 8. The minimum atomic E-state index is -0.168. The van der Waals surface area contributed by atoms with Crippen molar-refractivity contribution >= 4 is 11.3 Å². The van der Waals surface area contributed by atoms with E-state index in [0.717, 1.165) is 19.4 Å². The summed E-state index contributed by atoms with van der Waals surface area (Å²) >= 11 is 1.74. The fourth-order valence-electron chi connectivity index (χ4n) is 1.78. The highest BCUT2D eigenvalue weighted by Gasteiger charge is 2.19. The van der Waals surface area contributed by atoms with Gasteiger partial charge in [-0.1, -0.05) is 6.92 Å². The van der Waals surface area contributed by atoms with Crippen LogP contribution >= 0.6 is 11.3 Å². The summed E-state index contributed by atoms with van der Waals surface area (Å²) in [7, 11) is 3.37. The third-order valence-electron chi connectivity index (χ3n) is 2.58. The smallest absolute Gasteiger partial charge is 0.171 e. The van der Waals surface area contributed by atoms with Crippen LogP contribution in [0.25, 0.3) is 0 Å². The van der Waals surface area contributed by atoms with Crippen LogP contribution in [0.15, 0.2) is 16.8 Å². The number of hydrogen-bond donors (Lipinski definition) is 1. The third-order valence-corrected chi connectivity index (χ3v) is 3.32. The van der Waals surface area contributed by atoms with E-state index in [1.165, 1.54) is 5.56 Å². The minimum absolute atomic E-state index is 0.168. The molecule has 0 spiro atoms. The molecule has 3 nitrogen and oxygen atoms in total. The Hall–Kier alpha value is -0.420. The average molecular weight is 243 g/mol. The molecule has 1 unspecified atom stereocenters. The standard InChI is InChI=1S/C12H21NO2S/c1-4-13-11(12(14-2)15-3)6-5-10-7-8-16-9-10/h7-9,11-13H,4-6H2,1-3H3. The summed E-state index contributed by atoms with van der Waals surface area (Å²) < 4.78 is 10.6. The van der Waals surface area contributed by atoms with Crippen molar-refractivity contribution in [3.63, 3.8) is 0 Å². The van der Waals surface area contributed by atoms with E-state index in [4.69, 9.17) is 9.47 Å². The predicted molar refractivity (Wildman–Crippen MR) is 67.9 cm³/mol. The molecule has 1 N–H and O–H groups in total. The Kier molecular flexibility index (Phi) is 6.64. The molecule has 0 fully saturated rings. The second-order valence-electron chi connectivity index (χ2n) is 3.67. The molecule has 1 atom stereocenters. The molecule has 0 aliphatic heterocycles. The van der Waals surface area contributed by atoms with E-state index in [-0.39, 0.29) is 12.3 Å². The lowest BCUT2D eigenvalue weighted by Crippen LogP contribution is -2.42. The highest BCUT2D eigenvalue weighted by molar-refractivity contribution is 7.07. The number of likely N-dealkylation sites (N-methyl/N-ethyl adjacent to an activating group) is 1. The molecule has 0 bridgehead atoms. The van der Waals surface area contributed by atoms with Crippen molar-refractivity contribution in [1.82, 2.24) is 5.32 Å². The van der Waals surface area contributed by atoms with E-state index in [1.54, 1.807) is 25.6 Å². The molecule has 0 aliphatic rings. The van der Waals surface area contributed by atoms with Gasteiger partial charge in [-0.05, 0) is 41.8 Å². The van der Waals surface area contributed by atoms with Gasteiger partial charge in [-0.3, -0.25) is 0 Å². The Labute approximate surface area is 102 Å². The van der Waals surface area contributed by atoms with Gasteiger partial charge in [0.25, 0.3) is 0 Å². The third kappa shape index (κ3) is 4.22. The van der Waals surface area contributed by atoms with Crippen molar-refractivity contribution < 1.29 is 9.47 Å². The number of methoxy groups -OCH3 is 2. The van der Waals surface area contributed by atoms with Crippen LogP contribution in [0.1, 0.15) is 18.9 Å². The fourth-order valence-corrected chi connectivity index (χ4v) is 2.48. The largest absolute Gasteiger partial charge is 0.354 e. The lowest BCUT2D eigenvalue weighted by Gasteiger charge is -2.25. The summed E-state index contributed by atoms with van der Waals surface area (Å²) in [4.78, 5) is 0. The summed E-state index contributed by atoms with van der Waals surface area (Å²) in [5.41, 5.74) is 1.39. The summed E-state index contributed by atoms with van der Waals surface area (Å²) in [6.45, 7) is 3.03. The summed E-state index contributed by atoms with van der Waals surface area (Å²) in [6, 6.07) is 2.42. The Balaban J connectivity index is 2.43. The zero-order valence-electron chi connectivity index (χ0n) is 10.2. The van der Waals surface area contributed by atoms with Crippen molar-refractivity contribution in [2.75, 3.05) is 20.8 Å². The van der Waals surface area contributed by atoms with E-state index in [9.17, 15) is 0 Å². The summed E-state index contributed by atoms with van der Waals surface area (Å²) in [6.07, 6.45) is 1.92. The first-order valence-electron chi connectivity index (χ1n) is 5.61. The molecular weight excluding hydrogens is 222 g/mol. The van der Waals surface area contributed by atoms with Crippen LogP contribution in [-0.2, 0) is 15.9 Å². The van der Waals surface area contributed by atoms with E-state index in [0.29, 0.717) is 0 Å². The highest BCUT2D eigenvalue weighted by Crippen LogP contribution is 2.12. The lowest BCUT2D eigenvalue weighted by atomic mass is 10.1. The SMILES string of the molecule is CCNC(CCc1ccsc1)C(OC)OC. The minimum Gasteiger partial charge on any atom is -0.354 e. The Morgan fingerprint density at radius 1 is 1.38 bits per heavy atom. The van der Waals surface area contributed by atoms with Crippen molar-refractivity contribution in [1.29, 1.82) is 0 Å². The quantitative estimate of drug-likeness (QED) is 0.711. The second kappa shape index (κ2) is 7.79. The van der Waals surface area contributed by atoms with Crippen LogP contribution in [0, 0.1) is 0 Å². The maximum Gasteiger partial charge on any atom is 0.171 e. The second-order valence-corrected chi connectivity index (χ2v) is 4.45. The average Bonchev–Trinajstić information content (AvgIpc) is 2.80. The topological polar surface area (TPSA) is 30.5 Å². The first-order valence-corrected chi connectivity index (χ1v) is 6.56. The number of ether oxygens (including phenoxy) is 2. The molecule has 4 heteroatoms. The molecule has 16 heavy (non-hydrogen) atoms. The first-order chi connectivity index (χ1) is 7.81. The van der Waals surface area contributed by atoms with Crippen LogP contribution < -0.4 is 5.32 Å². The Morgan fingerprint density at radius 2 is 2.12 bits per heavy atom. The van der Waals surface area contributed by atoms with Crippen LogP contribution in [0.5, 0.6) is 0 Å². The van der Waals surface area contributed by atoms with E-state index in [2.05, 4.69) is 29.1 Å². The number of aryl methyl sites for hydroxylation is 1. The monoisotopic (exact) mass is 243 g/mol. The van der Waals surface area contributed by atoms with Gasteiger partial charge in [-0.2, -0.15) is 11.3 Å². The molecule has 0 radical (unpaired) electrons. The lowest BCUT2D eigenvalue weighted by molar-refractivity contribution is -0.123. The van der Waals surface area contributed by atoms with Gasteiger partial charge in [0.2, 0.25) is 0 Å². The zero-order chi connectivity index (χ0) is 11.8. The fraction of sp³-hybridized carbons (Fsp3) is 0.667. The summed E-state index contributed by atoms with van der Waals surface area (Å²) in [5, 5.41) is 7.71. The normalized spacial score (nSPS) is 13.2. The van der Waals surface area contributed by atoms with Gasteiger partial charge in [-0.25, -0.2) is 0 Å². The molecule has 0 saturated heterocycles. The van der Waals surface area contributed by atoms with Gasteiger partial charge in [0.15, 0.2) is 6.29 Å². The maximum absolute atomic E-state index is 5.30. The van der Waals surface area contributed by atoms with Crippen molar-refractivity contribution in [2.45, 2.75) is 32.1 Å². The van der Waals surface area contributed by atoms with Gasteiger partial charge in [-0.15, -0.1) is 0 Å². The van der Waals surface area contributed by atoms with Gasteiger partial charge in [0, 0.05) is 14.2 Å². The highest BCUT2D eigenvalue weighted by atomic mass is 32.1. The molecule has 0 saturated carbocycles. The number of nitrogens with one attached hydrogen (secondary N) is 1. The van der Waals surface area contributed by atoms with Gasteiger partial charge in [0.05, 0.1) is 6.04 Å². The van der Waals surface area contributed by atoms with Crippen molar-refractivity contribution in [3.05, 3.63) is 22.4 Å². The number of hydrogen-bond acceptors (Lipinski definition) is 4. The zero-order valence-corrected chi connectivity index (χ0v) is 11.0. The molecule has 0 aromatic carbocycles. The van der Waals surface area contributed by atoms with E-state index >= 15 is 0 Å². The van der Waals surface area contributed by atoms with Crippen molar-refractivity contribution in [2.24, 2.45) is 0 Å². The predicted octanol–water partition coefficient (Wildman–Crippen LogP) is 2.28. The van der Waals surface area contributed by atoms with Gasteiger partial charge in [0.1, 0.15) is 0 Å². The molecule has 92 valence electrons. The molecule has 1 aromatic heterocycles. The van der Waals surface area contributed by atoms with Gasteiger partial charge >= 0.3 is 0 Å². The molecule has 0 amide bonds.